The predicted molar refractivity (Wildman–Crippen MR) is 53.9 cm³/mol. The van der Waals surface area contributed by atoms with Crippen LogP contribution in [0.25, 0.3) is 0 Å². The number of halogens is 3. The van der Waals surface area contributed by atoms with Crippen molar-refractivity contribution in [1.29, 1.82) is 5.26 Å². The monoisotopic (exact) mass is 280 g/mol. The van der Waals surface area contributed by atoms with Gasteiger partial charge >= 0.3 is 6.36 Å². The Morgan fingerprint density at radius 2 is 2.06 bits per heavy atom. The van der Waals surface area contributed by atoms with Crippen molar-refractivity contribution in [3.8, 4) is 11.8 Å². The average molecular weight is 280 g/mol. The second-order valence-corrected chi connectivity index (χ2v) is 4.77. The fourth-order valence-corrected chi connectivity index (χ4v) is 2.00. The molecule has 0 bridgehead atoms. The van der Waals surface area contributed by atoms with Gasteiger partial charge in [-0.2, -0.15) is 9.98 Å². The quantitative estimate of drug-likeness (QED) is 0.845. The number of hydrogen-bond donors (Lipinski definition) is 1. The van der Waals surface area contributed by atoms with Crippen LogP contribution in [0, 0.1) is 11.3 Å². The first-order valence-corrected chi connectivity index (χ1v) is 5.95. The molecule has 0 amide bonds. The largest absolute Gasteiger partial charge is 0.573 e. The summed E-state index contributed by atoms with van der Waals surface area (Å²) in [6.07, 6.45) is -4.90. The highest BCUT2D eigenvalue weighted by Gasteiger charge is 2.31. The number of benzene rings is 1. The van der Waals surface area contributed by atoms with Crippen LogP contribution in [0.5, 0.6) is 5.75 Å². The maximum atomic E-state index is 11.9. The van der Waals surface area contributed by atoms with E-state index in [0.29, 0.717) is 6.07 Å². The topological polar surface area (TPSA) is 79.2 Å². The van der Waals surface area contributed by atoms with E-state index in [4.69, 9.17) is 5.26 Å². The van der Waals surface area contributed by atoms with E-state index < -0.39 is 33.6 Å². The Bertz CT molecular complexity index is 563. The summed E-state index contributed by atoms with van der Waals surface area (Å²) in [6.45, 7) is -0.479. The van der Waals surface area contributed by atoms with Crippen molar-refractivity contribution in [3.63, 3.8) is 0 Å². The molecule has 0 unspecified atom stereocenters. The van der Waals surface area contributed by atoms with Crippen LogP contribution in [-0.4, -0.2) is 21.3 Å². The molecule has 0 fully saturated rings. The van der Waals surface area contributed by atoms with Crippen LogP contribution in [0.4, 0.5) is 13.2 Å². The van der Waals surface area contributed by atoms with Gasteiger partial charge < -0.3 is 4.74 Å². The number of hydrogen-bond acceptors (Lipinski definition) is 4. The number of sulfonamides is 1. The summed E-state index contributed by atoms with van der Waals surface area (Å²) in [6, 6.07) is 5.41. The van der Waals surface area contributed by atoms with E-state index in [0.717, 1.165) is 18.2 Å². The fourth-order valence-electron chi connectivity index (χ4n) is 1.05. The normalized spacial score (nSPS) is 11.9. The first-order chi connectivity index (χ1) is 8.24. The molecule has 0 heterocycles. The van der Waals surface area contributed by atoms with Gasteiger partial charge in [-0.3, -0.25) is 0 Å². The average Bonchev–Trinajstić information content (AvgIpc) is 2.24. The fraction of sp³-hybridized carbons (Fsp3) is 0.222. The third-order valence-corrected chi connectivity index (χ3v) is 3.09. The molecule has 1 aromatic carbocycles. The molecule has 98 valence electrons. The number of nitriles is 1. The zero-order chi connectivity index (χ0) is 13.8. The van der Waals surface area contributed by atoms with Crippen molar-refractivity contribution in [2.24, 2.45) is 0 Å². The number of rotatable bonds is 4. The highest BCUT2D eigenvalue weighted by Crippen LogP contribution is 2.24. The molecular weight excluding hydrogens is 273 g/mol. The zero-order valence-electron chi connectivity index (χ0n) is 8.73. The summed E-state index contributed by atoms with van der Waals surface area (Å²) in [4.78, 5) is -0.417. The molecule has 0 atom stereocenters. The number of nitrogens with one attached hydrogen (secondary N) is 1. The predicted octanol–water partition coefficient (Wildman–Crippen LogP) is 1.39. The molecule has 0 spiro atoms. The minimum Gasteiger partial charge on any atom is -0.406 e. The molecule has 0 aliphatic rings. The Balaban J connectivity index is 2.99. The van der Waals surface area contributed by atoms with E-state index in [1.165, 1.54) is 0 Å². The first-order valence-electron chi connectivity index (χ1n) is 4.47. The second kappa shape index (κ2) is 5.24. The van der Waals surface area contributed by atoms with Gasteiger partial charge in [-0.1, -0.05) is 6.07 Å². The molecule has 5 nitrogen and oxygen atoms in total. The Labute approximate surface area is 101 Å². The van der Waals surface area contributed by atoms with Crippen LogP contribution in [0.3, 0.4) is 0 Å². The summed E-state index contributed by atoms with van der Waals surface area (Å²) >= 11 is 0. The number of alkyl halides is 3. The van der Waals surface area contributed by atoms with Crippen molar-refractivity contribution >= 4 is 10.0 Å². The molecular formula is C9H7F3N2O3S. The lowest BCUT2D eigenvalue weighted by molar-refractivity contribution is -0.274. The molecule has 0 aliphatic heterocycles. The van der Waals surface area contributed by atoms with Crippen LogP contribution in [0.2, 0.25) is 0 Å². The van der Waals surface area contributed by atoms with E-state index in [2.05, 4.69) is 4.74 Å². The molecule has 9 heteroatoms. The van der Waals surface area contributed by atoms with Gasteiger partial charge in [-0.15, -0.1) is 13.2 Å². The first kappa shape index (κ1) is 14.3. The van der Waals surface area contributed by atoms with Gasteiger partial charge in [0.05, 0.1) is 17.5 Å². The molecule has 1 aromatic rings. The van der Waals surface area contributed by atoms with Gasteiger partial charge in [-0.05, 0) is 12.1 Å². The molecule has 0 saturated carbocycles. The van der Waals surface area contributed by atoms with Crippen molar-refractivity contribution in [3.05, 3.63) is 24.3 Å². The molecule has 0 saturated heterocycles. The maximum Gasteiger partial charge on any atom is 0.573 e. The van der Waals surface area contributed by atoms with E-state index >= 15 is 0 Å². The standard InChI is InChI=1S/C9H7F3N2O3S/c10-9(11,12)17-7-2-1-3-8(6-7)18(15,16)14-5-4-13/h1-3,6,14H,5H2. The molecule has 18 heavy (non-hydrogen) atoms. The highest BCUT2D eigenvalue weighted by molar-refractivity contribution is 7.89. The van der Waals surface area contributed by atoms with Crippen molar-refractivity contribution in [1.82, 2.24) is 4.72 Å². The minimum absolute atomic E-state index is 0.417. The van der Waals surface area contributed by atoms with Crippen molar-refractivity contribution in [2.45, 2.75) is 11.3 Å². The lowest BCUT2D eigenvalue weighted by Crippen LogP contribution is -2.24. The minimum atomic E-state index is -4.90. The lowest BCUT2D eigenvalue weighted by Gasteiger charge is -2.10. The molecule has 1 rings (SSSR count). The SMILES string of the molecule is N#CCNS(=O)(=O)c1cccc(OC(F)(F)F)c1. The van der Waals surface area contributed by atoms with Gasteiger partial charge in [0, 0.05) is 6.07 Å². The van der Waals surface area contributed by atoms with Crippen LogP contribution in [-0.2, 0) is 10.0 Å². The van der Waals surface area contributed by atoms with E-state index in [1.807, 2.05) is 4.72 Å². The van der Waals surface area contributed by atoms with Crippen LogP contribution >= 0.6 is 0 Å². The third kappa shape index (κ3) is 4.23. The Kier molecular flexibility index (Phi) is 4.15. The second-order valence-electron chi connectivity index (χ2n) is 3.01. The number of ether oxygens (including phenoxy) is 1. The summed E-state index contributed by atoms with van der Waals surface area (Å²) < 4.78 is 64.3. The summed E-state index contributed by atoms with van der Waals surface area (Å²) in [5.74, 6) is -0.651. The van der Waals surface area contributed by atoms with Crippen molar-refractivity contribution in [2.75, 3.05) is 6.54 Å². The summed E-state index contributed by atoms with van der Waals surface area (Å²) in [5.41, 5.74) is 0. The Morgan fingerprint density at radius 3 is 2.61 bits per heavy atom. The molecule has 0 radical (unpaired) electrons. The van der Waals surface area contributed by atoms with E-state index in [9.17, 15) is 21.6 Å². The van der Waals surface area contributed by atoms with E-state index in [-0.39, 0.29) is 0 Å². The molecule has 0 aliphatic carbocycles. The maximum absolute atomic E-state index is 11.9. The summed E-state index contributed by atoms with van der Waals surface area (Å²) in [7, 11) is -4.02. The van der Waals surface area contributed by atoms with E-state index in [1.54, 1.807) is 6.07 Å². The van der Waals surface area contributed by atoms with Crippen LogP contribution < -0.4 is 9.46 Å². The van der Waals surface area contributed by atoms with Gasteiger partial charge in [0.2, 0.25) is 10.0 Å². The molecule has 1 N–H and O–H groups in total. The highest BCUT2D eigenvalue weighted by atomic mass is 32.2. The Hall–Kier alpha value is -1.79. The van der Waals surface area contributed by atoms with Crippen molar-refractivity contribution < 1.29 is 26.3 Å². The number of nitrogens with zero attached hydrogens (tertiary/aromatic N) is 1. The Morgan fingerprint density at radius 1 is 1.39 bits per heavy atom. The van der Waals surface area contributed by atoms with Gasteiger partial charge in [0.1, 0.15) is 5.75 Å². The zero-order valence-corrected chi connectivity index (χ0v) is 9.55. The van der Waals surface area contributed by atoms with Gasteiger partial charge in [0.25, 0.3) is 0 Å². The van der Waals surface area contributed by atoms with Gasteiger partial charge in [0.15, 0.2) is 0 Å². The smallest absolute Gasteiger partial charge is 0.406 e. The molecule has 0 aromatic heterocycles. The van der Waals surface area contributed by atoms with Gasteiger partial charge in [-0.25, -0.2) is 8.42 Å². The van der Waals surface area contributed by atoms with Crippen LogP contribution in [0.1, 0.15) is 0 Å². The van der Waals surface area contributed by atoms with Crippen LogP contribution in [0.15, 0.2) is 29.2 Å². The lowest BCUT2D eigenvalue weighted by atomic mass is 10.3. The summed E-state index contributed by atoms with van der Waals surface area (Å²) in [5, 5.41) is 8.23. The third-order valence-electron chi connectivity index (χ3n) is 1.69.